The molecule has 0 aromatic heterocycles. The van der Waals surface area contributed by atoms with Gasteiger partial charge in [0.05, 0.1) is 11.1 Å². The van der Waals surface area contributed by atoms with Crippen LogP contribution in [-0.2, 0) is 4.74 Å². The van der Waals surface area contributed by atoms with E-state index >= 15 is 0 Å². The molecular formula is C26H32N6O. The highest BCUT2D eigenvalue weighted by Crippen LogP contribution is 2.56. The summed E-state index contributed by atoms with van der Waals surface area (Å²) >= 11 is 0. The van der Waals surface area contributed by atoms with Gasteiger partial charge in [0.1, 0.15) is 12.1 Å². The van der Waals surface area contributed by atoms with Gasteiger partial charge in [0, 0.05) is 11.8 Å². The van der Waals surface area contributed by atoms with E-state index in [4.69, 9.17) is 30.3 Å². The van der Waals surface area contributed by atoms with Crippen molar-refractivity contribution >= 4 is 0 Å². The molecule has 0 N–H and O–H groups in total. The number of hydrogen-bond donors (Lipinski definition) is 0. The summed E-state index contributed by atoms with van der Waals surface area (Å²) in [5.41, 5.74) is -0.417. The Bertz CT molecular complexity index is 1030. The Labute approximate surface area is 195 Å². The minimum absolute atomic E-state index is 0.0399. The molecule has 3 heterocycles. The smallest absolute Gasteiger partial charge is 0.231 e. The number of azo groups is 3. The van der Waals surface area contributed by atoms with Gasteiger partial charge in [-0.15, -0.1) is 0 Å². The molecule has 5 rings (SSSR count). The van der Waals surface area contributed by atoms with Crippen LogP contribution in [0.3, 0.4) is 0 Å². The summed E-state index contributed by atoms with van der Waals surface area (Å²) in [5, 5.41) is 28.5. The maximum atomic E-state index is 6.75. The van der Waals surface area contributed by atoms with Crippen molar-refractivity contribution in [1.82, 2.24) is 0 Å². The fourth-order valence-corrected chi connectivity index (χ4v) is 5.65. The Balaban J connectivity index is 1.67. The third kappa shape index (κ3) is 3.53. The summed E-state index contributed by atoms with van der Waals surface area (Å²) < 4.78 is 6.75. The molecule has 0 bridgehead atoms. The topological polar surface area (TPSA) is 83.4 Å². The van der Waals surface area contributed by atoms with Crippen LogP contribution in [0, 0.1) is 0 Å². The Morgan fingerprint density at radius 3 is 1.36 bits per heavy atom. The standard InChI is InChI=1S/C26H32N6O/c1-23(2)19(17-13-9-7-10-14-17)21(27-29-23)26(32-31-25(5,6)33-26)22-20(24(3,4)30-28-22)18-15-11-8-12-16-18/h7-16,19-22H,1-6H3/t19-,20+,21+,22-,26?. The molecule has 33 heavy (non-hydrogen) atoms. The molecule has 7 heteroatoms. The van der Waals surface area contributed by atoms with Crippen molar-refractivity contribution in [1.29, 1.82) is 0 Å². The lowest BCUT2D eigenvalue weighted by Gasteiger charge is -2.42. The minimum Gasteiger partial charge on any atom is -0.319 e. The number of benzene rings is 2. The second kappa shape index (κ2) is 7.35. The number of hydrogen-bond acceptors (Lipinski definition) is 7. The molecule has 0 fully saturated rings. The van der Waals surface area contributed by atoms with Crippen molar-refractivity contribution in [2.75, 3.05) is 0 Å². The van der Waals surface area contributed by atoms with Gasteiger partial charge in [-0.05, 0) is 52.7 Å². The first-order valence-electron chi connectivity index (χ1n) is 11.6. The van der Waals surface area contributed by atoms with Gasteiger partial charge in [-0.2, -0.15) is 30.7 Å². The van der Waals surface area contributed by atoms with Gasteiger partial charge < -0.3 is 4.74 Å². The molecule has 2 aromatic carbocycles. The van der Waals surface area contributed by atoms with E-state index in [1.165, 1.54) is 0 Å². The first-order chi connectivity index (χ1) is 15.6. The van der Waals surface area contributed by atoms with E-state index in [9.17, 15) is 0 Å². The van der Waals surface area contributed by atoms with E-state index in [1.54, 1.807) is 0 Å². The zero-order chi connectivity index (χ0) is 23.5. The fourth-order valence-electron chi connectivity index (χ4n) is 5.65. The van der Waals surface area contributed by atoms with Crippen molar-refractivity contribution in [3.8, 4) is 0 Å². The molecule has 0 amide bonds. The molecule has 0 saturated carbocycles. The summed E-state index contributed by atoms with van der Waals surface area (Å²) in [4.78, 5) is 0. The number of ether oxygens (including phenoxy) is 1. The SMILES string of the molecule is CC1(C)N=NC([C@@H]2N=NC(C)(C)[C@H]2c2ccccc2)([C@H]2N=NC(C)(C)[C@@H]2c2ccccc2)O1. The van der Waals surface area contributed by atoms with Gasteiger partial charge in [-0.25, -0.2) is 0 Å². The van der Waals surface area contributed by atoms with Crippen LogP contribution in [0.5, 0.6) is 0 Å². The van der Waals surface area contributed by atoms with Crippen molar-refractivity contribution in [3.63, 3.8) is 0 Å². The van der Waals surface area contributed by atoms with Crippen LogP contribution >= 0.6 is 0 Å². The van der Waals surface area contributed by atoms with Gasteiger partial charge in [-0.3, -0.25) is 0 Å². The molecule has 0 saturated heterocycles. The molecule has 172 valence electrons. The van der Waals surface area contributed by atoms with E-state index in [2.05, 4.69) is 81.3 Å². The largest absolute Gasteiger partial charge is 0.319 e. The zero-order valence-corrected chi connectivity index (χ0v) is 20.2. The highest BCUT2D eigenvalue weighted by atomic mass is 16.6. The van der Waals surface area contributed by atoms with Crippen LogP contribution in [0.4, 0.5) is 0 Å². The summed E-state index contributed by atoms with van der Waals surface area (Å²) in [6.07, 6.45) is 0. The average molecular weight is 445 g/mol. The monoisotopic (exact) mass is 444 g/mol. The predicted octanol–water partition coefficient (Wildman–Crippen LogP) is 6.69. The molecule has 0 spiro atoms. The van der Waals surface area contributed by atoms with E-state index in [0.29, 0.717) is 0 Å². The van der Waals surface area contributed by atoms with Crippen molar-refractivity contribution < 1.29 is 4.74 Å². The molecule has 3 aliphatic rings. The van der Waals surface area contributed by atoms with Gasteiger partial charge in [0.25, 0.3) is 0 Å². The molecule has 7 nitrogen and oxygen atoms in total. The lowest BCUT2D eigenvalue weighted by molar-refractivity contribution is -0.127. The first kappa shape index (κ1) is 22.0. The van der Waals surface area contributed by atoms with Crippen LogP contribution in [0.25, 0.3) is 0 Å². The molecular weight excluding hydrogens is 412 g/mol. The molecule has 5 atom stereocenters. The summed E-state index contributed by atoms with van der Waals surface area (Å²) in [6.45, 7) is 12.3. The predicted molar refractivity (Wildman–Crippen MR) is 127 cm³/mol. The van der Waals surface area contributed by atoms with E-state index in [1.807, 2.05) is 26.0 Å². The third-order valence-corrected chi connectivity index (χ3v) is 7.06. The van der Waals surface area contributed by atoms with Crippen LogP contribution in [0.15, 0.2) is 91.3 Å². The van der Waals surface area contributed by atoms with E-state index in [0.717, 1.165) is 11.1 Å². The quantitative estimate of drug-likeness (QED) is 0.517. The Kier molecular flexibility index (Phi) is 4.90. The summed E-state index contributed by atoms with van der Waals surface area (Å²) in [7, 11) is 0. The molecule has 1 unspecified atom stereocenters. The average Bonchev–Trinajstić information content (AvgIpc) is 3.39. The number of nitrogens with zero attached hydrogens (tertiary/aromatic N) is 6. The molecule has 3 aliphatic heterocycles. The van der Waals surface area contributed by atoms with Gasteiger partial charge in [0.2, 0.25) is 5.72 Å². The molecule has 0 aliphatic carbocycles. The van der Waals surface area contributed by atoms with E-state index < -0.39 is 22.5 Å². The maximum Gasteiger partial charge on any atom is 0.231 e. The van der Waals surface area contributed by atoms with Gasteiger partial charge in [-0.1, -0.05) is 60.7 Å². The van der Waals surface area contributed by atoms with Crippen molar-refractivity contribution in [2.45, 2.75) is 88.0 Å². The van der Waals surface area contributed by atoms with Gasteiger partial charge in [0.15, 0.2) is 5.72 Å². The molecule has 0 radical (unpaired) electrons. The maximum absolute atomic E-state index is 6.75. The zero-order valence-electron chi connectivity index (χ0n) is 20.2. The highest BCUT2D eigenvalue weighted by Gasteiger charge is 2.66. The third-order valence-electron chi connectivity index (χ3n) is 7.06. The first-order valence-corrected chi connectivity index (χ1v) is 11.6. The fraction of sp³-hybridized carbons (Fsp3) is 0.538. The second-order valence-corrected chi connectivity index (χ2v) is 10.9. The summed E-state index contributed by atoms with van der Waals surface area (Å²) in [5.74, 6) is -0.0798. The van der Waals surface area contributed by atoms with Crippen molar-refractivity contribution in [3.05, 3.63) is 71.8 Å². The molecule has 2 aromatic rings. The highest BCUT2D eigenvalue weighted by molar-refractivity contribution is 5.34. The lowest BCUT2D eigenvalue weighted by Crippen LogP contribution is -2.57. The van der Waals surface area contributed by atoms with Crippen LogP contribution < -0.4 is 0 Å². The Morgan fingerprint density at radius 1 is 0.576 bits per heavy atom. The number of rotatable bonds is 4. The van der Waals surface area contributed by atoms with Gasteiger partial charge >= 0.3 is 0 Å². The summed E-state index contributed by atoms with van der Waals surface area (Å²) in [6, 6.07) is 20.0. The Hall–Kier alpha value is -2.80. The lowest BCUT2D eigenvalue weighted by atomic mass is 9.69. The van der Waals surface area contributed by atoms with Crippen LogP contribution in [-0.4, -0.2) is 34.6 Å². The normalized spacial score (nSPS) is 35.3. The second-order valence-electron chi connectivity index (χ2n) is 10.9. The van der Waals surface area contributed by atoms with E-state index in [-0.39, 0.29) is 23.9 Å². The Morgan fingerprint density at radius 2 is 1.00 bits per heavy atom. The van der Waals surface area contributed by atoms with Crippen LogP contribution in [0.1, 0.15) is 64.5 Å². The van der Waals surface area contributed by atoms with Crippen molar-refractivity contribution in [2.24, 2.45) is 30.7 Å². The minimum atomic E-state index is -1.11. The van der Waals surface area contributed by atoms with Crippen LogP contribution in [0.2, 0.25) is 0 Å².